The summed E-state index contributed by atoms with van der Waals surface area (Å²) in [6.45, 7) is 3.88. The molecule has 0 aliphatic rings. The van der Waals surface area contributed by atoms with Gasteiger partial charge in [0.25, 0.3) is 0 Å². The SMILES string of the molecule is Cc1nc(N)cc(NCCCCN(C)C)n1. The van der Waals surface area contributed by atoms with Crippen LogP contribution in [0.3, 0.4) is 0 Å². The third-order valence-corrected chi connectivity index (χ3v) is 2.20. The Morgan fingerprint density at radius 3 is 2.69 bits per heavy atom. The Labute approximate surface area is 97.1 Å². The van der Waals surface area contributed by atoms with Crippen LogP contribution in [-0.2, 0) is 0 Å². The maximum Gasteiger partial charge on any atom is 0.131 e. The molecule has 1 rings (SSSR count). The third-order valence-electron chi connectivity index (χ3n) is 2.20. The molecule has 0 amide bonds. The van der Waals surface area contributed by atoms with Crippen molar-refractivity contribution in [1.29, 1.82) is 0 Å². The fraction of sp³-hybridized carbons (Fsp3) is 0.636. The van der Waals surface area contributed by atoms with Crippen LogP contribution in [0.15, 0.2) is 6.07 Å². The summed E-state index contributed by atoms with van der Waals surface area (Å²) in [6, 6.07) is 1.76. The van der Waals surface area contributed by atoms with Gasteiger partial charge in [-0.15, -0.1) is 0 Å². The van der Waals surface area contributed by atoms with Crippen LogP contribution in [0.2, 0.25) is 0 Å². The lowest BCUT2D eigenvalue weighted by Crippen LogP contribution is -2.14. The molecule has 90 valence electrons. The molecular weight excluding hydrogens is 202 g/mol. The van der Waals surface area contributed by atoms with Gasteiger partial charge < -0.3 is 16.0 Å². The number of rotatable bonds is 6. The van der Waals surface area contributed by atoms with E-state index in [9.17, 15) is 0 Å². The minimum atomic E-state index is 0.517. The summed E-state index contributed by atoms with van der Waals surface area (Å²) < 4.78 is 0. The van der Waals surface area contributed by atoms with Gasteiger partial charge in [0.05, 0.1) is 0 Å². The van der Waals surface area contributed by atoms with E-state index in [1.807, 2.05) is 6.92 Å². The van der Waals surface area contributed by atoms with Crippen LogP contribution in [-0.4, -0.2) is 42.1 Å². The fourth-order valence-electron chi connectivity index (χ4n) is 1.45. The second kappa shape index (κ2) is 6.27. The van der Waals surface area contributed by atoms with Crippen molar-refractivity contribution in [3.8, 4) is 0 Å². The maximum absolute atomic E-state index is 5.63. The summed E-state index contributed by atoms with van der Waals surface area (Å²) >= 11 is 0. The predicted molar refractivity (Wildman–Crippen MR) is 67.5 cm³/mol. The molecule has 1 aromatic heterocycles. The van der Waals surface area contributed by atoms with Crippen LogP contribution < -0.4 is 11.1 Å². The zero-order valence-electron chi connectivity index (χ0n) is 10.3. The molecule has 0 aromatic carbocycles. The molecule has 0 fully saturated rings. The summed E-state index contributed by atoms with van der Waals surface area (Å²) in [4.78, 5) is 10.5. The van der Waals surface area contributed by atoms with E-state index in [1.165, 1.54) is 6.42 Å². The summed E-state index contributed by atoms with van der Waals surface area (Å²) in [5.41, 5.74) is 5.63. The lowest BCUT2D eigenvalue weighted by molar-refractivity contribution is 0.396. The zero-order valence-corrected chi connectivity index (χ0v) is 10.3. The molecule has 0 atom stereocenters. The minimum absolute atomic E-state index is 0.517. The highest BCUT2D eigenvalue weighted by Gasteiger charge is 1.98. The van der Waals surface area contributed by atoms with Crippen molar-refractivity contribution < 1.29 is 0 Å². The number of unbranched alkanes of at least 4 members (excludes halogenated alkanes) is 1. The predicted octanol–water partition coefficient (Wildman–Crippen LogP) is 1.12. The summed E-state index contributed by atoms with van der Waals surface area (Å²) in [6.07, 6.45) is 2.31. The number of hydrogen-bond acceptors (Lipinski definition) is 5. The highest BCUT2D eigenvalue weighted by atomic mass is 15.1. The standard InChI is InChI=1S/C11H21N5/c1-9-14-10(12)8-11(15-9)13-6-4-5-7-16(2)3/h8H,4-7H2,1-3H3,(H3,12,13,14,15). The molecule has 0 unspecified atom stereocenters. The number of aromatic nitrogens is 2. The molecule has 0 radical (unpaired) electrons. The highest BCUT2D eigenvalue weighted by molar-refractivity contribution is 5.44. The molecule has 16 heavy (non-hydrogen) atoms. The Kier molecular flexibility index (Phi) is 4.98. The van der Waals surface area contributed by atoms with Crippen LogP contribution in [0.5, 0.6) is 0 Å². The van der Waals surface area contributed by atoms with Gasteiger partial charge in [0.2, 0.25) is 0 Å². The van der Waals surface area contributed by atoms with E-state index in [4.69, 9.17) is 5.73 Å². The highest BCUT2D eigenvalue weighted by Crippen LogP contribution is 2.07. The molecule has 0 aliphatic carbocycles. The van der Waals surface area contributed by atoms with E-state index < -0.39 is 0 Å². The first-order valence-electron chi connectivity index (χ1n) is 5.57. The van der Waals surface area contributed by atoms with Crippen molar-refractivity contribution in [3.63, 3.8) is 0 Å². The molecular formula is C11H21N5. The van der Waals surface area contributed by atoms with E-state index in [2.05, 4.69) is 34.3 Å². The Morgan fingerprint density at radius 2 is 2.06 bits per heavy atom. The Balaban J connectivity index is 2.26. The van der Waals surface area contributed by atoms with Crippen LogP contribution in [0.1, 0.15) is 18.7 Å². The first-order chi connectivity index (χ1) is 7.58. The number of nitrogen functional groups attached to an aromatic ring is 1. The van der Waals surface area contributed by atoms with Gasteiger partial charge in [-0.2, -0.15) is 0 Å². The van der Waals surface area contributed by atoms with Crippen molar-refractivity contribution in [2.75, 3.05) is 38.2 Å². The molecule has 0 aliphatic heterocycles. The van der Waals surface area contributed by atoms with Crippen molar-refractivity contribution in [2.45, 2.75) is 19.8 Å². The summed E-state index contributed by atoms with van der Waals surface area (Å²) in [7, 11) is 4.17. The van der Waals surface area contributed by atoms with Crippen LogP contribution >= 0.6 is 0 Å². The second-order valence-corrected chi connectivity index (χ2v) is 4.16. The Bertz CT molecular complexity index is 304. The van der Waals surface area contributed by atoms with Crippen LogP contribution in [0.25, 0.3) is 0 Å². The number of nitrogens with zero attached hydrogens (tertiary/aromatic N) is 3. The van der Waals surface area contributed by atoms with Crippen molar-refractivity contribution in [2.24, 2.45) is 0 Å². The van der Waals surface area contributed by atoms with Crippen LogP contribution in [0.4, 0.5) is 11.6 Å². The largest absolute Gasteiger partial charge is 0.384 e. The van der Waals surface area contributed by atoms with E-state index in [1.54, 1.807) is 6.07 Å². The van der Waals surface area contributed by atoms with Crippen molar-refractivity contribution in [3.05, 3.63) is 11.9 Å². The number of hydrogen-bond donors (Lipinski definition) is 2. The van der Waals surface area contributed by atoms with E-state index >= 15 is 0 Å². The third kappa shape index (κ3) is 4.93. The molecule has 1 heterocycles. The molecule has 1 aromatic rings. The van der Waals surface area contributed by atoms with Gasteiger partial charge >= 0.3 is 0 Å². The topological polar surface area (TPSA) is 67.1 Å². The number of nitrogens with two attached hydrogens (primary N) is 1. The average molecular weight is 223 g/mol. The Hall–Kier alpha value is -1.36. The van der Waals surface area contributed by atoms with Crippen molar-refractivity contribution in [1.82, 2.24) is 14.9 Å². The Morgan fingerprint density at radius 1 is 1.31 bits per heavy atom. The molecule has 0 saturated carbocycles. The lowest BCUT2D eigenvalue weighted by Gasteiger charge is -2.10. The van der Waals surface area contributed by atoms with Crippen molar-refractivity contribution >= 4 is 11.6 Å². The lowest BCUT2D eigenvalue weighted by atomic mass is 10.3. The van der Waals surface area contributed by atoms with E-state index in [-0.39, 0.29) is 0 Å². The molecule has 5 nitrogen and oxygen atoms in total. The molecule has 0 saturated heterocycles. The van der Waals surface area contributed by atoms with E-state index in [0.717, 1.165) is 25.3 Å². The quantitative estimate of drug-likeness (QED) is 0.707. The van der Waals surface area contributed by atoms with Gasteiger partial charge in [0, 0.05) is 12.6 Å². The maximum atomic E-state index is 5.63. The van der Waals surface area contributed by atoms with E-state index in [0.29, 0.717) is 11.6 Å². The van der Waals surface area contributed by atoms with Crippen LogP contribution in [0, 0.1) is 6.92 Å². The molecule has 0 spiro atoms. The summed E-state index contributed by atoms with van der Waals surface area (Å²) in [5, 5.41) is 3.25. The monoisotopic (exact) mass is 223 g/mol. The normalized spacial score (nSPS) is 10.8. The average Bonchev–Trinajstić information content (AvgIpc) is 2.15. The number of aryl methyl sites for hydroxylation is 1. The molecule has 5 heteroatoms. The smallest absolute Gasteiger partial charge is 0.131 e. The van der Waals surface area contributed by atoms with Gasteiger partial charge in [-0.25, -0.2) is 9.97 Å². The summed E-state index contributed by atoms with van der Waals surface area (Å²) in [5.74, 6) is 2.04. The second-order valence-electron chi connectivity index (χ2n) is 4.16. The fourth-order valence-corrected chi connectivity index (χ4v) is 1.45. The number of nitrogens with one attached hydrogen (secondary N) is 1. The molecule has 0 bridgehead atoms. The van der Waals surface area contributed by atoms with Gasteiger partial charge in [-0.1, -0.05) is 0 Å². The van der Waals surface area contributed by atoms with Gasteiger partial charge in [0.15, 0.2) is 0 Å². The minimum Gasteiger partial charge on any atom is -0.384 e. The van der Waals surface area contributed by atoms with Gasteiger partial charge in [-0.05, 0) is 40.4 Å². The first-order valence-corrected chi connectivity index (χ1v) is 5.57. The van der Waals surface area contributed by atoms with Gasteiger partial charge in [-0.3, -0.25) is 0 Å². The molecule has 3 N–H and O–H groups in total. The zero-order chi connectivity index (χ0) is 12.0. The van der Waals surface area contributed by atoms with Gasteiger partial charge in [0.1, 0.15) is 17.5 Å². The first kappa shape index (κ1) is 12.7. The number of anilines is 2.